The number of aliphatic hydroxyl groups excluding tert-OH is 2. The van der Waals surface area contributed by atoms with Gasteiger partial charge in [0.25, 0.3) is 0 Å². The standard InChI is InChI=1S/C35H38O8/c1-21-14-23(16-26(15-21)39-3)34(36)32-29(13-10-22-8-11-25(38-2)12-9-22)33(31(43-7)20-30(32)42-6)35(37)24-17-27(40-4)19-28(18-24)41-5/h8-20,34-37H,1-7H3/b13-10+. The first-order valence-corrected chi connectivity index (χ1v) is 13.6. The molecule has 8 nitrogen and oxygen atoms in total. The third kappa shape index (κ3) is 6.88. The normalized spacial score (nSPS) is 12.5. The van der Waals surface area contributed by atoms with Crippen LogP contribution in [-0.2, 0) is 0 Å². The smallest absolute Gasteiger partial charge is 0.129 e. The van der Waals surface area contributed by atoms with E-state index >= 15 is 0 Å². The minimum absolute atomic E-state index is 0.373. The van der Waals surface area contributed by atoms with Gasteiger partial charge in [-0.05, 0) is 71.1 Å². The number of aliphatic hydroxyl groups is 2. The SMILES string of the molecule is COc1ccc(/C=C/c2c(C(O)c3cc(C)cc(OC)c3)c(OC)cc(OC)c2C(O)c2cc(OC)cc(OC)c2)cc1. The lowest BCUT2D eigenvalue weighted by molar-refractivity contribution is 0.205. The van der Waals surface area contributed by atoms with Crippen LogP contribution in [0.5, 0.6) is 34.5 Å². The molecule has 4 aromatic rings. The van der Waals surface area contributed by atoms with E-state index in [2.05, 4.69) is 0 Å². The second-order valence-corrected chi connectivity index (χ2v) is 9.86. The van der Waals surface area contributed by atoms with E-state index in [4.69, 9.17) is 28.4 Å². The fourth-order valence-electron chi connectivity index (χ4n) is 5.03. The predicted molar refractivity (Wildman–Crippen MR) is 167 cm³/mol. The van der Waals surface area contributed by atoms with E-state index in [0.717, 1.165) is 16.9 Å². The molecule has 0 fully saturated rings. The summed E-state index contributed by atoms with van der Waals surface area (Å²) in [6, 6.07) is 20.0. The Morgan fingerprint density at radius 2 is 0.977 bits per heavy atom. The summed E-state index contributed by atoms with van der Waals surface area (Å²) in [4.78, 5) is 0. The van der Waals surface area contributed by atoms with Crippen molar-refractivity contribution in [2.45, 2.75) is 19.1 Å². The second kappa shape index (κ2) is 14.0. The average Bonchev–Trinajstić information content (AvgIpc) is 3.05. The summed E-state index contributed by atoms with van der Waals surface area (Å²) in [5.74, 6) is 3.14. The van der Waals surface area contributed by atoms with Crippen LogP contribution in [0.1, 0.15) is 51.2 Å². The Kier molecular flexibility index (Phi) is 10.2. The van der Waals surface area contributed by atoms with Gasteiger partial charge in [-0.3, -0.25) is 0 Å². The van der Waals surface area contributed by atoms with Crippen LogP contribution in [0.2, 0.25) is 0 Å². The molecule has 2 atom stereocenters. The van der Waals surface area contributed by atoms with Crippen LogP contribution in [-0.4, -0.2) is 52.9 Å². The Bertz CT molecular complexity index is 1550. The molecule has 0 heterocycles. The number of benzene rings is 4. The highest BCUT2D eigenvalue weighted by Gasteiger charge is 2.29. The molecular weight excluding hydrogens is 548 g/mol. The highest BCUT2D eigenvalue weighted by atomic mass is 16.5. The van der Waals surface area contributed by atoms with Gasteiger partial charge in [0.1, 0.15) is 46.7 Å². The molecular formula is C35H38O8. The lowest BCUT2D eigenvalue weighted by atomic mass is 9.87. The minimum Gasteiger partial charge on any atom is -0.497 e. The first kappa shape index (κ1) is 31.3. The van der Waals surface area contributed by atoms with Gasteiger partial charge in [0.2, 0.25) is 0 Å². The molecule has 2 N–H and O–H groups in total. The third-order valence-electron chi connectivity index (χ3n) is 7.23. The van der Waals surface area contributed by atoms with E-state index in [-0.39, 0.29) is 0 Å². The topological polar surface area (TPSA) is 95.8 Å². The zero-order valence-corrected chi connectivity index (χ0v) is 25.5. The molecule has 0 bridgehead atoms. The second-order valence-electron chi connectivity index (χ2n) is 9.86. The van der Waals surface area contributed by atoms with Crippen molar-refractivity contribution < 1.29 is 38.6 Å². The van der Waals surface area contributed by atoms with Crippen molar-refractivity contribution in [3.05, 3.63) is 106 Å². The van der Waals surface area contributed by atoms with Crippen molar-refractivity contribution in [2.24, 2.45) is 0 Å². The van der Waals surface area contributed by atoms with Gasteiger partial charge in [0.05, 0.1) is 42.7 Å². The Balaban J connectivity index is 2.02. The van der Waals surface area contributed by atoms with Crippen molar-refractivity contribution in [1.82, 2.24) is 0 Å². The van der Waals surface area contributed by atoms with Gasteiger partial charge in [-0.2, -0.15) is 0 Å². The summed E-state index contributed by atoms with van der Waals surface area (Å²) >= 11 is 0. The maximum Gasteiger partial charge on any atom is 0.129 e. The first-order valence-electron chi connectivity index (χ1n) is 13.6. The summed E-state index contributed by atoms with van der Waals surface area (Å²) in [7, 11) is 9.35. The fourth-order valence-corrected chi connectivity index (χ4v) is 5.03. The van der Waals surface area contributed by atoms with Crippen molar-refractivity contribution in [2.75, 3.05) is 42.7 Å². The third-order valence-corrected chi connectivity index (χ3v) is 7.23. The summed E-state index contributed by atoms with van der Waals surface area (Å²) < 4.78 is 33.3. The Morgan fingerprint density at radius 1 is 0.512 bits per heavy atom. The number of hydrogen-bond acceptors (Lipinski definition) is 8. The summed E-state index contributed by atoms with van der Waals surface area (Å²) in [5.41, 5.74) is 4.30. The molecule has 0 amide bonds. The Labute approximate surface area is 252 Å². The molecule has 2 unspecified atom stereocenters. The maximum atomic E-state index is 12.0. The highest BCUT2D eigenvalue weighted by molar-refractivity contribution is 5.78. The number of hydrogen-bond donors (Lipinski definition) is 2. The van der Waals surface area contributed by atoms with Crippen LogP contribution in [0.3, 0.4) is 0 Å². The van der Waals surface area contributed by atoms with Gasteiger partial charge < -0.3 is 38.6 Å². The van der Waals surface area contributed by atoms with Crippen molar-refractivity contribution >= 4 is 12.2 Å². The van der Waals surface area contributed by atoms with Crippen LogP contribution >= 0.6 is 0 Å². The molecule has 0 saturated carbocycles. The van der Waals surface area contributed by atoms with E-state index in [9.17, 15) is 10.2 Å². The van der Waals surface area contributed by atoms with Crippen LogP contribution < -0.4 is 28.4 Å². The van der Waals surface area contributed by atoms with Crippen LogP contribution in [0, 0.1) is 6.92 Å². The average molecular weight is 587 g/mol. The lowest BCUT2D eigenvalue weighted by Crippen LogP contribution is -2.12. The molecule has 4 aromatic carbocycles. The molecule has 0 aliphatic carbocycles. The monoisotopic (exact) mass is 586 g/mol. The zero-order chi connectivity index (χ0) is 31.1. The number of ether oxygens (including phenoxy) is 6. The van der Waals surface area contributed by atoms with Crippen LogP contribution in [0.4, 0.5) is 0 Å². The number of rotatable bonds is 12. The van der Waals surface area contributed by atoms with Gasteiger partial charge in [-0.1, -0.05) is 30.4 Å². The first-order chi connectivity index (χ1) is 20.8. The molecule has 43 heavy (non-hydrogen) atoms. The molecule has 4 rings (SSSR count). The lowest BCUT2D eigenvalue weighted by Gasteiger charge is -2.26. The van der Waals surface area contributed by atoms with Crippen molar-refractivity contribution in [1.29, 1.82) is 0 Å². The van der Waals surface area contributed by atoms with E-state index in [0.29, 0.717) is 56.6 Å². The van der Waals surface area contributed by atoms with Crippen molar-refractivity contribution in [3.63, 3.8) is 0 Å². The summed E-state index contributed by atoms with van der Waals surface area (Å²) in [6.45, 7) is 1.93. The fraction of sp³-hybridized carbons (Fsp3) is 0.257. The van der Waals surface area contributed by atoms with E-state index in [1.165, 1.54) is 14.2 Å². The molecule has 0 aliphatic rings. The molecule has 0 aliphatic heterocycles. The largest absolute Gasteiger partial charge is 0.497 e. The minimum atomic E-state index is -1.20. The van der Waals surface area contributed by atoms with E-state index in [1.54, 1.807) is 58.8 Å². The molecule has 0 radical (unpaired) electrons. The van der Waals surface area contributed by atoms with Crippen LogP contribution in [0.25, 0.3) is 12.2 Å². The van der Waals surface area contributed by atoms with Gasteiger partial charge in [-0.15, -0.1) is 0 Å². The predicted octanol–water partition coefficient (Wildman–Crippen LogP) is 6.38. The molecule has 0 aromatic heterocycles. The molecule has 0 saturated heterocycles. The number of aryl methyl sites for hydroxylation is 1. The molecule has 226 valence electrons. The van der Waals surface area contributed by atoms with Gasteiger partial charge in [0, 0.05) is 23.3 Å². The van der Waals surface area contributed by atoms with Crippen molar-refractivity contribution in [3.8, 4) is 34.5 Å². The quantitative estimate of drug-likeness (QED) is 0.185. The number of methoxy groups -OCH3 is 6. The summed E-state index contributed by atoms with van der Waals surface area (Å²) in [5, 5.41) is 23.9. The Hall–Kier alpha value is -4.66. The van der Waals surface area contributed by atoms with Crippen LogP contribution in [0.15, 0.2) is 66.7 Å². The van der Waals surface area contributed by atoms with E-state index in [1.807, 2.05) is 55.5 Å². The molecule has 8 heteroatoms. The summed E-state index contributed by atoms with van der Waals surface area (Å²) in [6.07, 6.45) is 1.40. The highest BCUT2D eigenvalue weighted by Crippen LogP contribution is 2.45. The van der Waals surface area contributed by atoms with Gasteiger partial charge in [-0.25, -0.2) is 0 Å². The maximum absolute atomic E-state index is 12.0. The van der Waals surface area contributed by atoms with E-state index < -0.39 is 12.2 Å². The molecule has 0 spiro atoms. The van der Waals surface area contributed by atoms with Gasteiger partial charge in [0.15, 0.2) is 0 Å². The zero-order valence-electron chi connectivity index (χ0n) is 25.5. The van der Waals surface area contributed by atoms with Gasteiger partial charge >= 0.3 is 0 Å². The Morgan fingerprint density at radius 3 is 1.44 bits per heavy atom.